The summed E-state index contributed by atoms with van der Waals surface area (Å²) in [5.74, 6) is 0.490. The Kier molecular flexibility index (Phi) is 7.45. The molecule has 6 heteroatoms. The SMILES string of the molecule is COc1cccc(/C=C(\C#N)C(=O)Nc2cccc(I)c2)c1OCc1cccc2ccccc12. The van der Waals surface area contributed by atoms with Gasteiger partial charge < -0.3 is 14.8 Å². The largest absolute Gasteiger partial charge is 0.493 e. The zero-order chi connectivity index (χ0) is 23.9. The molecule has 0 heterocycles. The molecule has 0 bridgehead atoms. The molecule has 0 radical (unpaired) electrons. The van der Waals surface area contributed by atoms with E-state index in [4.69, 9.17) is 9.47 Å². The van der Waals surface area contributed by atoms with Gasteiger partial charge in [-0.1, -0.05) is 60.7 Å². The summed E-state index contributed by atoms with van der Waals surface area (Å²) in [6, 6.07) is 28.9. The average Bonchev–Trinajstić information content (AvgIpc) is 2.86. The maximum absolute atomic E-state index is 12.8. The van der Waals surface area contributed by atoms with Crippen LogP contribution in [0.25, 0.3) is 16.8 Å². The van der Waals surface area contributed by atoms with Crippen molar-refractivity contribution in [3.8, 4) is 17.6 Å². The van der Waals surface area contributed by atoms with E-state index < -0.39 is 5.91 Å². The Balaban J connectivity index is 1.63. The fraction of sp³-hybridized carbons (Fsp3) is 0.0714. The molecule has 0 atom stereocenters. The van der Waals surface area contributed by atoms with Crippen molar-refractivity contribution in [1.29, 1.82) is 5.26 Å². The van der Waals surface area contributed by atoms with E-state index in [9.17, 15) is 10.1 Å². The predicted molar refractivity (Wildman–Crippen MR) is 143 cm³/mol. The lowest BCUT2D eigenvalue weighted by Crippen LogP contribution is -2.13. The van der Waals surface area contributed by atoms with Crippen molar-refractivity contribution in [2.45, 2.75) is 6.61 Å². The summed E-state index contributed by atoms with van der Waals surface area (Å²) in [4.78, 5) is 12.8. The first-order valence-electron chi connectivity index (χ1n) is 10.5. The Labute approximate surface area is 211 Å². The highest BCUT2D eigenvalue weighted by Gasteiger charge is 2.15. The molecule has 1 amide bonds. The normalized spacial score (nSPS) is 11.0. The number of nitriles is 1. The van der Waals surface area contributed by atoms with Crippen molar-refractivity contribution >= 4 is 51.0 Å². The third-order valence-corrected chi connectivity index (χ3v) is 5.90. The number of amides is 1. The van der Waals surface area contributed by atoms with Gasteiger partial charge in [-0.3, -0.25) is 4.79 Å². The molecule has 4 aromatic carbocycles. The number of hydrogen-bond donors (Lipinski definition) is 1. The number of fused-ring (bicyclic) bond motifs is 1. The van der Waals surface area contributed by atoms with E-state index in [2.05, 4.69) is 46.1 Å². The highest BCUT2D eigenvalue weighted by Crippen LogP contribution is 2.34. The van der Waals surface area contributed by atoms with E-state index in [1.807, 2.05) is 48.5 Å². The van der Waals surface area contributed by atoms with E-state index in [1.165, 1.54) is 6.08 Å². The number of nitrogens with one attached hydrogen (secondary N) is 1. The Morgan fingerprint density at radius 3 is 2.59 bits per heavy atom. The molecule has 168 valence electrons. The van der Waals surface area contributed by atoms with E-state index in [0.29, 0.717) is 29.4 Å². The van der Waals surface area contributed by atoms with Crippen LogP contribution in [-0.4, -0.2) is 13.0 Å². The maximum atomic E-state index is 12.8. The van der Waals surface area contributed by atoms with Gasteiger partial charge in [0.2, 0.25) is 0 Å². The standard InChI is InChI=1S/C28H21IN2O3/c1-33-26-14-5-9-20(15-22(17-30)28(32)31-24-12-6-11-23(29)16-24)27(26)34-18-21-10-4-8-19-7-2-3-13-25(19)21/h2-16H,18H2,1H3,(H,31,32)/b22-15+. The van der Waals surface area contributed by atoms with Crippen molar-refractivity contribution < 1.29 is 14.3 Å². The lowest BCUT2D eigenvalue weighted by atomic mass is 10.1. The molecule has 34 heavy (non-hydrogen) atoms. The van der Waals surface area contributed by atoms with Gasteiger partial charge >= 0.3 is 0 Å². The van der Waals surface area contributed by atoms with E-state index in [1.54, 1.807) is 31.4 Å². The smallest absolute Gasteiger partial charge is 0.266 e. The molecule has 4 aromatic rings. The zero-order valence-electron chi connectivity index (χ0n) is 18.4. The molecule has 0 saturated heterocycles. The molecule has 0 aliphatic rings. The quantitative estimate of drug-likeness (QED) is 0.158. The molecular weight excluding hydrogens is 539 g/mol. The number of halogens is 1. The fourth-order valence-corrected chi connectivity index (χ4v) is 4.14. The van der Waals surface area contributed by atoms with Crippen LogP contribution in [0.2, 0.25) is 0 Å². The second kappa shape index (κ2) is 10.9. The first kappa shape index (κ1) is 23.3. The molecule has 0 aliphatic heterocycles. The molecule has 4 rings (SSSR count). The molecule has 0 saturated carbocycles. The van der Waals surface area contributed by atoms with Crippen LogP contribution in [0.5, 0.6) is 11.5 Å². The van der Waals surface area contributed by atoms with Crippen molar-refractivity contribution in [2.24, 2.45) is 0 Å². The number of carbonyl (C=O) groups excluding carboxylic acids is 1. The number of anilines is 1. The van der Waals surface area contributed by atoms with Gasteiger partial charge in [0.05, 0.1) is 7.11 Å². The molecule has 1 N–H and O–H groups in total. The number of carbonyl (C=O) groups is 1. The second-order valence-electron chi connectivity index (χ2n) is 7.44. The topological polar surface area (TPSA) is 71.3 Å². The Bertz CT molecular complexity index is 1420. The third kappa shape index (κ3) is 5.38. The minimum Gasteiger partial charge on any atom is -0.493 e. The number of rotatable bonds is 7. The van der Waals surface area contributed by atoms with Gasteiger partial charge in [0.25, 0.3) is 5.91 Å². The Morgan fingerprint density at radius 2 is 1.79 bits per heavy atom. The minimum atomic E-state index is -0.493. The summed E-state index contributed by atoms with van der Waals surface area (Å²) in [5.41, 5.74) is 2.18. The molecule has 0 fully saturated rings. The van der Waals surface area contributed by atoms with Crippen LogP contribution in [0.3, 0.4) is 0 Å². The molecule has 5 nitrogen and oxygen atoms in total. The monoisotopic (exact) mass is 560 g/mol. The Morgan fingerprint density at radius 1 is 1.03 bits per heavy atom. The summed E-state index contributed by atoms with van der Waals surface area (Å²) < 4.78 is 12.7. The number of para-hydroxylation sites is 1. The zero-order valence-corrected chi connectivity index (χ0v) is 20.6. The summed E-state index contributed by atoms with van der Waals surface area (Å²) in [6.45, 7) is 0.305. The first-order chi connectivity index (χ1) is 16.6. The lowest BCUT2D eigenvalue weighted by molar-refractivity contribution is -0.112. The van der Waals surface area contributed by atoms with Crippen molar-refractivity contribution in [2.75, 3.05) is 12.4 Å². The predicted octanol–water partition coefficient (Wildman–Crippen LogP) is 6.58. The Hall–Kier alpha value is -3.83. The number of nitrogens with zero attached hydrogens (tertiary/aromatic N) is 1. The van der Waals surface area contributed by atoms with Crippen LogP contribution in [-0.2, 0) is 11.4 Å². The highest BCUT2D eigenvalue weighted by molar-refractivity contribution is 14.1. The fourth-order valence-electron chi connectivity index (χ4n) is 3.60. The number of ether oxygens (including phenoxy) is 2. The highest BCUT2D eigenvalue weighted by atomic mass is 127. The number of methoxy groups -OCH3 is 1. The molecule has 0 aromatic heterocycles. The van der Waals surface area contributed by atoms with E-state index >= 15 is 0 Å². The molecule has 0 aliphatic carbocycles. The van der Waals surface area contributed by atoms with Crippen LogP contribution in [0.1, 0.15) is 11.1 Å². The van der Waals surface area contributed by atoms with E-state index in [0.717, 1.165) is 19.9 Å². The number of hydrogen-bond acceptors (Lipinski definition) is 4. The second-order valence-corrected chi connectivity index (χ2v) is 8.69. The number of benzene rings is 4. The third-order valence-electron chi connectivity index (χ3n) is 5.23. The van der Waals surface area contributed by atoms with Crippen LogP contribution >= 0.6 is 22.6 Å². The van der Waals surface area contributed by atoms with Gasteiger partial charge in [0, 0.05) is 14.8 Å². The summed E-state index contributed by atoms with van der Waals surface area (Å²) in [7, 11) is 1.56. The van der Waals surface area contributed by atoms with Crippen molar-refractivity contribution in [3.63, 3.8) is 0 Å². The van der Waals surface area contributed by atoms with Gasteiger partial charge in [0.1, 0.15) is 18.2 Å². The average molecular weight is 560 g/mol. The van der Waals surface area contributed by atoms with Crippen LogP contribution < -0.4 is 14.8 Å². The van der Waals surface area contributed by atoms with Gasteiger partial charge in [-0.2, -0.15) is 5.26 Å². The molecule has 0 spiro atoms. The maximum Gasteiger partial charge on any atom is 0.266 e. The first-order valence-corrected chi connectivity index (χ1v) is 11.6. The van der Waals surface area contributed by atoms with Gasteiger partial charge in [-0.05, 0) is 69.3 Å². The minimum absolute atomic E-state index is 0.0397. The van der Waals surface area contributed by atoms with Crippen LogP contribution in [0.15, 0.2) is 90.5 Å². The van der Waals surface area contributed by atoms with Gasteiger partial charge in [-0.25, -0.2) is 0 Å². The van der Waals surface area contributed by atoms with Crippen molar-refractivity contribution in [1.82, 2.24) is 0 Å². The summed E-state index contributed by atoms with van der Waals surface area (Å²) in [6.07, 6.45) is 1.52. The van der Waals surface area contributed by atoms with Gasteiger partial charge in [0.15, 0.2) is 11.5 Å². The van der Waals surface area contributed by atoms with Crippen LogP contribution in [0, 0.1) is 14.9 Å². The summed E-state index contributed by atoms with van der Waals surface area (Å²) in [5, 5.41) is 14.7. The lowest BCUT2D eigenvalue weighted by Gasteiger charge is -2.15. The van der Waals surface area contributed by atoms with Gasteiger partial charge in [-0.15, -0.1) is 0 Å². The van der Waals surface area contributed by atoms with Crippen LogP contribution in [0.4, 0.5) is 5.69 Å². The van der Waals surface area contributed by atoms with E-state index in [-0.39, 0.29) is 5.57 Å². The van der Waals surface area contributed by atoms with Crippen molar-refractivity contribution in [3.05, 3.63) is 105 Å². The molecular formula is C28H21IN2O3. The summed E-state index contributed by atoms with van der Waals surface area (Å²) >= 11 is 2.17. The molecule has 0 unspecified atom stereocenters.